The number of carbonyl (C=O) groups excluding carboxylic acids is 2. The molecule has 0 aliphatic heterocycles. The van der Waals surface area contributed by atoms with Crippen molar-refractivity contribution >= 4 is 22.6 Å². The van der Waals surface area contributed by atoms with E-state index in [1.165, 1.54) is 40.6 Å². The predicted molar refractivity (Wildman–Crippen MR) is 112 cm³/mol. The van der Waals surface area contributed by atoms with E-state index in [1.54, 1.807) is 12.1 Å². The van der Waals surface area contributed by atoms with Gasteiger partial charge in [-0.25, -0.2) is 0 Å². The van der Waals surface area contributed by atoms with E-state index < -0.39 is 11.8 Å². The zero-order valence-electron chi connectivity index (χ0n) is 17.1. The van der Waals surface area contributed by atoms with Crippen LogP contribution >= 0.6 is 0 Å². The maximum Gasteiger partial charge on any atom is 0.273 e. The van der Waals surface area contributed by atoms with Crippen molar-refractivity contribution in [2.75, 3.05) is 28.4 Å². The molecule has 0 aromatic heterocycles. The number of fused-ring (bicyclic) bond motifs is 1. The van der Waals surface area contributed by atoms with Crippen molar-refractivity contribution in [1.29, 1.82) is 0 Å². The second kappa shape index (κ2) is 9.04. The number of ether oxygens (including phenoxy) is 4. The molecule has 0 radical (unpaired) electrons. The number of rotatable bonds is 6. The van der Waals surface area contributed by atoms with E-state index in [-0.39, 0.29) is 5.56 Å². The topological polar surface area (TPSA) is 95.1 Å². The van der Waals surface area contributed by atoms with Gasteiger partial charge >= 0.3 is 0 Å². The molecule has 0 heterocycles. The van der Waals surface area contributed by atoms with Gasteiger partial charge in [-0.2, -0.15) is 0 Å². The molecular formula is C22H22N2O6. The molecule has 3 rings (SSSR count). The monoisotopic (exact) mass is 410 g/mol. The zero-order chi connectivity index (χ0) is 21.7. The minimum atomic E-state index is -0.553. The van der Waals surface area contributed by atoms with Crippen LogP contribution in [0.5, 0.6) is 23.0 Å². The van der Waals surface area contributed by atoms with Crippen molar-refractivity contribution in [3.8, 4) is 23.0 Å². The molecule has 8 heteroatoms. The van der Waals surface area contributed by atoms with Gasteiger partial charge in [0.15, 0.2) is 11.5 Å². The maximum atomic E-state index is 12.7. The first-order valence-electron chi connectivity index (χ1n) is 8.99. The van der Waals surface area contributed by atoms with Crippen molar-refractivity contribution < 1.29 is 28.5 Å². The fraction of sp³-hybridized carbons (Fsp3) is 0.182. The molecule has 8 nitrogen and oxygen atoms in total. The van der Waals surface area contributed by atoms with Crippen molar-refractivity contribution in [2.24, 2.45) is 0 Å². The lowest BCUT2D eigenvalue weighted by Crippen LogP contribution is -2.41. The van der Waals surface area contributed by atoms with Gasteiger partial charge in [0.05, 0.1) is 34.0 Å². The SMILES string of the molecule is COc1cc2ccccc2cc1C(=O)NNC(=O)c1cc(OC)c(OC)c(OC)c1. The Kier molecular flexibility index (Phi) is 6.26. The van der Waals surface area contributed by atoms with E-state index in [9.17, 15) is 9.59 Å². The first-order chi connectivity index (χ1) is 14.5. The van der Waals surface area contributed by atoms with E-state index in [4.69, 9.17) is 18.9 Å². The van der Waals surface area contributed by atoms with Gasteiger partial charge in [-0.15, -0.1) is 0 Å². The van der Waals surface area contributed by atoms with Crippen LogP contribution in [0.1, 0.15) is 20.7 Å². The minimum Gasteiger partial charge on any atom is -0.496 e. The quantitative estimate of drug-likeness (QED) is 0.607. The highest BCUT2D eigenvalue weighted by atomic mass is 16.5. The average Bonchev–Trinajstić information content (AvgIpc) is 2.80. The van der Waals surface area contributed by atoms with Crippen LogP contribution < -0.4 is 29.8 Å². The van der Waals surface area contributed by atoms with Crippen molar-refractivity contribution in [3.63, 3.8) is 0 Å². The van der Waals surface area contributed by atoms with Crippen molar-refractivity contribution in [1.82, 2.24) is 10.9 Å². The normalized spacial score (nSPS) is 10.3. The first kappa shape index (κ1) is 20.8. The summed E-state index contributed by atoms with van der Waals surface area (Å²) in [7, 11) is 5.85. The number of amides is 2. The molecule has 156 valence electrons. The Balaban J connectivity index is 1.81. The molecule has 3 aromatic carbocycles. The zero-order valence-corrected chi connectivity index (χ0v) is 17.1. The number of hydrazine groups is 1. The molecule has 0 unspecified atom stereocenters. The summed E-state index contributed by atoms with van der Waals surface area (Å²) < 4.78 is 21.1. The summed E-state index contributed by atoms with van der Waals surface area (Å²) in [6.07, 6.45) is 0. The fourth-order valence-corrected chi connectivity index (χ4v) is 3.03. The molecule has 0 saturated carbocycles. The highest BCUT2D eigenvalue weighted by Gasteiger charge is 2.19. The van der Waals surface area contributed by atoms with Crippen LogP contribution in [0.4, 0.5) is 0 Å². The summed E-state index contributed by atoms with van der Waals surface area (Å²) in [6, 6.07) is 14.0. The Morgan fingerprint density at radius 3 is 1.73 bits per heavy atom. The third-order valence-electron chi connectivity index (χ3n) is 4.53. The molecule has 2 amide bonds. The van der Waals surface area contributed by atoms with E-state index in [1.807, 2.05) is 24.3 Å². The summed E-state index contributed by atoms with van der Waals surface area (Å²) in [5, 5.41) is 1.81. The first-order valence-corrected chi connectivity index (χ1v) is 8.99. The Bertz CT molecular complexity index is 1070. The Labute approximate surface area is 173 Å². The molecule has 30 heavy (non-hydrogen) atoms. The number of nitrogens with one attached hydrogen (secondary N) is 2. The number of carbonyl (C=O) groups is 2. The van der Waals surface area contributed by atoms with Crippen molar-refractivity contribution in [2.45, 2.75) is 0 Å². The van der Waals surface area contributed by atoms with Crippen LogP contribution in [0.15, 0.2) is 48.5 Å². The smallest absolute Gasteiger partial charge is 0.273 e. The largest absolute Gasteiger partial charge is 0.496 e. The summed E-state index contributed by atoms with van der Waals surface area (Å²) in [5.41, 5.74) is 5.31. The molecule has 3 aromatic rings. The second-order valence-corrected chi connectivity index (χ2v) is 6.22. The molecule has 0 bridgehead atoms. The van der Waals surface area contributed by atoms with Crippen LogP contribution in [0.25, 0.3) is 10.8 Å². The number of hydrogen-bond donors (Lipinski definition) is 2. The van der Waals surface area contributed by atoms with Crippen LogP contribution in [0.2, 0.25) is 0 Å². The van der Waals surface area contributed by atoms with E-state index >= 15 is 0 Å². The van der Waals surface area contributed by atoms with Gasteiger partial charge in [-0.3, -0.25) is 20.4 Å². The fourth-order valence-electron chi connectivity index (χ4n) is 3.03. The van der Waals surface area contributed by atoms with E-state index in [0.717, 1.165) is 10.8 Å². The van der Waals surface area contributed by atoms with Crippen LogP contribution in [0.3, 0.4) is 0 Å². The van der Waals surface area contributed by atoms with Gasteiger partial charge in [-0.05, 0) is 35.0 Å². The molecule has 0 aliphatic carbocycles. The Morgan fingerprint density at radius 2 is 1.20 bits per heavy atom. The predicted octanol–water partition coefficient (Wildman–Crippen LogP) is 2.95. The third-order valence-corrected chi connectivity index (χ3v) is 4.53. The Morgan fingerprint density at radius 1 is 0.667 bits per heavy atom. The van der Waals surface area contributed by atoms with Gasteiger partial charge in [0.25, 0.3) is 11.8 Å². The summed E-state index contributed by atoms with van der Waals surface area (Å²) in [6.45, 7) is 0. The maximum absolute atomic E-state index is 12.7. The minimum absolute atomic E-state index is 0.218. The van der Waals surface area contributed by atoms with Gasteiger partial charge in [0, 0.05) is 5.56 Å². The molecular weight excluding hydrogens is 388 g/mol. The third kappa shape index (κ3) is 4.07. The van der Waals surface area contributed by atoms with Crippen molar-refractivity contribution in [3.05, 3.63) is 59.7 Å². The van der Waals surface area contributed by atoms with Crippen LogP contribution in [-0.4, -0.2) is 40.3 Å². The van der Waals surface area contributed by atoms with Crippen LogP contribution in [-0.2, 0) is 0 Å². The highest BCUT2D eigenvalue weighted by Crippen LogP contribution is 2.38. The number of hydrogen-bond acceptors (Lipinski definition) is 6. The molecule has 2 N–H and O–H groups in total. The summed E-state index contributed by atoms with van der Waals surface area (Å²) in [5.74, 6) is 0.338. The molecule has 0 atom stereocenters. The van der Waals surface area contributed by atoms with Gasteiger partial charge in [0.1, 0.15) is 5.75 Å². The average molecular weight is 410 g/mol. The van der Waals surface area contributed by atoms with Crippen LogP contribution in [0, 0.1) is 0 Å². The van der Waals surface area contributed by atoms with Gasteiger partial charge < -0.3 is 18.9 Å². The standard InChI is InChI=1S/C22H22N2O6/c1-27-17-10-14-8-6-5-7-13(14)9-16(17)22(26)24-23-21(25)15-11-18(28-2)20(30-4)19(12-15)29-3/h5-12H,1-4H3,(H,23,25)(H,24,26). The lowest BCUT2D eigenvalue weighted by atomic mass is 10.1. The summed E-state index contributed by atoms with van der Waals surface area (Å²) in [4.78, 5) is 25.2. The molecule has 0 fully saturated rings. The lowest BCUT2D eigenvalue weighted by molar-refractivity contribution is 0.0844. The highest BCUT2D eigenvalue weighted by molar-refractivity contribution is 6.03. The lowest BCUT2D eigenvalue weighted by Gasteiger charge is -2.15. The van der Waals surface area contributed by atoms with Gasteiger partial charge in [-0.1, -0.05) is 24.3 Å². The Hall–Kier alpha value is -3.94. The molecule has 0 aliphatic rings. The van der Waals surface area contributed by atoms with Gasteiger partial charge in [0.2, 0.25) is 5.75 Å². The number of benzene rings is 3. The second-order valence-electron chi connectivity index (χ2n) is 6.22. The van der Waals surface area contributed by atoms with E-state index in [0.29, 0.717) is 28.6 Å². The number of methoxy groups -OCH3 is 4. The molecule has 0 spiro atoms. The molecule has 0 saturated heterocycles. The summed E-state index contributed by atoms with van der Waals surface area (Å²) >= 11 is 0. The van der Waals surface area contributed by atoms with E-state index in [2.05, 4.69) is 10.9 Å².